The van der Waals surface area contributed by atoms with Crippen LogP contribution in [-0.2, 0) is 30.7 Å². The van der Waals surface area contributed by atoms with E-state index in [0.29, 0.717) is 5.56 Å². The highest BCUT2D eigenvalue weighted by atomic mass is 19.1. The van der Waals surface area contributed by atoms with Crippen molar-refractivity contribution in [2.75, 3.05) is 6.54 Å². The highest BCUT2D eigenvalue weighted by Crippen LogP contribution is 2.14. The van der Waals surface area contributed by atoms with Gasteiger partial charge in [-0.2, -0.15) is 0 Å². The zero-order chi connectivity index (χ0) is 24.5. The summed E-state index contributed by atoms with van der Waals surface area (Å²) in [6.45, 7) is 2.28. The van der Waals surface area contributed by atoms with Gasteiger partial charge in [0.25, 0.3) is 0 Å². The summed E-state index contributed by atoms with van der Waals surface area (Å²) in [4.78, 5) is 14.3. The summed E-state index contributed by atoms with van der Waals surface area (Å²) in [6.07, 6.45) is -0.775. The van der Waals surface area contributed by atoms with E-state index in [9.17, 15) is 18.7 Å². The van der Waals surface area contributed by atoms with E-state index in [1.165, 1.54) is 22.6 Å². The summed E-state index contributed by atoms with van der Waals surface area (Å²) >= 11 is 0. The Hall–Kier alpha value is -3.29. The van der Waals surface area contributed by atoms with Crippen LogP contribution in [0.4, 0.5) is 13.6 Å². The van der Waals surface area contributed by atoms with E-state index in [-0.39, 0.29) is 26.1 Å². The monoisotopic (exact) mass is 468 g/mol. The van der Waals surface area contributed by atoms with Gasteiger partial charge in [-0.25, -0.2) is 13.6 Å². The maximum atomic E-state index is 13.5. The van der Waals surface area contributed by atoms with Crippen molar-refractivity contribution in [3.05, 3.63) is 107 Å². The van der Waals surface area contributed by atoms with Crippen LogP contribution in [0.15, 0.2) is 72.8 Å². The number of benzene rings is 3. The van der Waals surface area contributed by atoms with Gasteiger partial charge >= 0.3 is 6.09 Å². The van der Waals surface area contributed by atoms with E-state index in [2.05, 4.69) is 6.92 Å². The number of halogens is 2. The Bertz CT molecular complexity index is 1040. The molecule has 7 heteroatoms. The number of carbonyl (C=O) groups excluding carboxylic acids is 1. The molecule has 0 bridgehead atoms. The van der Waals surface area contributed by atoms with Gasteiger partial charge in [-0.05, 0) is 47.2 Å². The van der Waals surface area contributed by atoms with Crippen LogP contribution in [0.5, 0.6) is 0 Å². The number of nitrogens with two attached hydrogens (primary N) is 1. The van der Waals surface area contributed by atoms with Crippen LogP contribution in [0.1, 0.15) is 29.2 Å². The predicted molar refractivity (Wildman–Crippen MR) is 127 cm³/mol. The molecule has 0 saturated heterocycles. The fourth-order valence-corrected chi connectivity index (χ4v) is 3.61. The maximum absolute atomic E-state index is 13.5. The van der Waals surface area contributed by atoms with Crippen molar-refractivity contribution >= 4 is 6.09 Å². The molecule has 1 amide bonds. The second-order valence-corrected chi connectivity index (χ2v) is 8.30. The minimum atomic E-state index is -1.13. The minimum Gasteiger partial charge on any atom is -0.445 e. The molecule has 2 atom stereocenters. The Morgan fingerprint density at radius 2 is 1.56 bits per heavy atom. The van der Waals surface area contributed by atoms with Crippen LogP contribution in [0.3, 0.4) is 0 Å². The van der Waals surface area contributed by atoms with E-state index in [1.54, 1.807) is 0 Å². The molecule has 0 aliphatic heterocycles. The smallest absolute Gasteiger partial charge is 0.410 e. The van der Waals surface area contributed by atoms with Gasteiger partial charge < -0.3 is 20.5 Å². The number of aliphatic hydroxyl groups excluding tert-OH is 1. The van der Waals surface area contributed by atoms with Crippen molar-refractivity contribution in [2.24, 2.45) is 5.73 Å². The molecule has 0 heterocycles. The molecular weight excluding hydrogens is 438 g/mol. The van der Waals surface area contributed by atoms with Crippen molar-refractivity contribution < 1.29 is 23.4 Å². The highest BCUT2D eigenvalue weighted by molar-refractivity contribution is 5.67. The summed E-state index contributed by atoms with van der Waals surface area (Å²) in [6, 6.07) is 19.4. The number of rotatable bonds is 10. The van der Waals surface area contributed by atoms with Crippen molar-refractivity contribution in [2.45, 2.75) is 45.1 Å². The summed E-state index contributed by atoms with van der Waals surface area (Å²) in [5, 5.41) is 10.7. The summed E-state index contributed by atoms with van der Waals surface area (Å²) in [7, 11) is 0. The lowest BCUT2D eigenvalue weighted by Crippen LogP contribution is -2.46. The van der Waals surface area contributed by atoms with Crippen molar-refractivity contribution in [3.63, 3.8) is 0 Å². The van der Waals surface area contributed by atoms with Crippen LogP contribution < -0.4 is 5.73 Å². The first-order valence-electron chi connectivity index (χ1n) is 11.3. The molecule has 0 spiro atoms. The van der Waals surface area contributed by atoms with Crippen LogP contribution in [0, 0.1) is 11.6 Å². The number of carbonyl (C=O) groups is 1. The molecule has 0 aliphatic carbocycles. The number of amides is 1. The summed E-state index contributed by atoms with van der Waals surface area (Å²) in [5.41, 5.74) is 9.34. The van der Waals surface area contributed by atoms with Crippen molar-refractivity contribution in [3.8, 4) is 0 Å². The van der Waals surface area contributed by atoms with Gasteiger partial charge in [0, 0.05) is 18.7 Å². The van der Waals surface area contributed by atoms with E-state index in [1.807, 2.05) is 54.6 Å². The minimum absolute atomic E-state index is 0.0496. The molecule has 3 aromatic rings. The number of aliphatic hydroxyl groups is 1. The van der Waals surface area contributed by atoms with E-state index in [0.717, 1.165) is 23.6 Å². The Balaban J connectivity index is 1.69. The van der Waals surface area contributed by atoms with Crippen molar-refractivity contribution in [1.82, 2.24) is 4.90 Å². The van der Waals surface area contributed by atoms with E-state index in [4.69, 9.17) is 10.5 Å². The topological polar surface area (TPSA) is 75.8 Å². The van der Waals surface area contributed by atoms with Gasteiger partial charge in [0.15, 0.2) is 0 Å². The van der Waals surface area contributed by atoms with Gasteiger partial charge in [0.1, 0.15) is 18.2 Å². The number of hydrogen-bond acceptors (Lipinski definition) is 4. The van der Waals surface area contributed by atoms with Crippen LogP contribution in [0.25, 0.3) is 0 Å². The van der Waals surface area contributed by atoms with Gasteiger partial charge in [-0.1, -0.05) is 61.5 Å². The molecule has 3 aromatic carbocycles. The Kier molecular flexibility index (Phi) is 9.13. The average Bonchev–Trinajstić information content (AvgIpc) is 2.82. The summed E-state index contributed by atoms with van der Waals surface area (Å²) < 4.78 is 32.5. The fourth-order valence-electron chi connectivity index (χ4n) is 3.61. The molecule has 5 nitrogen and oxygen atoms in total. The number of aryl methyl sites for hydroxylation is 1. The van der Waals surface area contributed by atoms with Crippen LogP contribution in [-0.4, -0.2) is 34.8 Å². The molecule has 0 saturated carbocycles. The Morgan fingerprint density at radius 1 is 0.941 bits per heavy atom. The van der Waals surface area contributed by atoms with Gasteiger partial charge in [0.2, 0.25) is 0 Å². The van der Waals surface area contributed by atoms with Gasteiger partial charge in [-0.3, -0.25) is 0 Å². The first-order chi connectivity index (χ1) is 16.3. The molecule has 0 radical (unpaired) electrons. The third-order valence-corrected chi connectivity index (χ3v) is 5.56. The summed E-state index contributed by atoms with van der Waals surface area (Å²) in [5.74, 6) is -1.42. The largest absolute Gasteiger partial charge is 0.445 e. The molecule has 2 unspecified atom stereocenters. The molecular formula is C27H30F2N2O3. The molecule has 0 fully saturated rings. The third-order valence-electron chi connectivity index (χ3n) is 5.56. The first-order valence-corrected chi connectivity index (χ1v) is 11.3. The molecule has 0 aromatic heterocycles. The number of hydrogen-bond donors (Lipinski definition) is 2. The third kappa shape index (κ3) is 7.64. The maximum Gasteiger partial charge on any atom is 0.410 e. The first kappa shape index (κ1) is 25.3. The highest BCUT2D eigenvalue weighted by Gasteiger charge is 2.24. The molecule has 0 aliphatic rings. The molecule has 180 valence electrons. The second kappa shape index (κ2) is 12.3. The zero-order valence-corrected chi connectivity index (χ0v) is 19.2. The SMILES string of the molecule is CCc1ccc(CN(CC(O)C(N)Cc2cc(F)cc(F)c2)C(=O)OCc2ccccc2)cc1. The normalized spacial score (nSPS) is 12.7. The van der Waals surface area contributed by atoms with Crippen LogP contribution >= 0.6 is 0 Å². The molecule has 34 heavy (non-hydrogen) atoms. The van der Waals surface area contributed by atoms with Gasteiger partial charge in [0.05, 0.1) is 12.6 Å². The lowest BCUT2D eigenvalue weighted by atomic mass is 10.0. The average molecular weight is 469 g/mol. The predicted octanol–water partition coefficient (Wildman–Crippen LogP) is 4.60. The van der Waals surface area contributed by atoms with Gasteiger partial charge in [-0.15, -0.1) is 0 Å². The Labute approximate surface area is 198 Å². The van der Waals surface area contributed by atoms with Crippen LogP contribution in [0.2, 0.25) is 0 Å². The zero-order valence-electron chi connectivity index (χ0n) is 19.2. The lowest BCUT2D eigenvalue weighted by molar-refractivity contribution is 0.0575. The number of nitrogens with zero attached hydrogens (tertiary/aromatic N) is 1. The quantitative estimate of drug-likeness (QED) is 0.456. The Morgan fingerprint density at radius 3 is 2.18 bits per heavy atom. The molecule has 3 rings (SSSR count). The second-order valence-electron chi connectivity index (χ2n) is 8.30. The molecule has 3 N–H and O–H groups in total. The standard InChI is InChI=1S/C27H30F2N2O3/c1-2-19-8-10-20(11-9-19)16-31(27(33)34-18-21-6-4-3-5-7-21)17-26(32)25(30)14-22-12-23(28)15-24(29)13-22/h3-13,15,25-26,32H,2,14,16-18,30H2,1H3. The van der Waals surface area contributed by atoms with Crippen molar-refractivity contribution in [1.29, 1.82) is 0 Å². The fraction of sp³-hybridized carbons (Fsp3) is 0.296. The van der Waals surface area contributed by atoms with E-state index < -0.39 is 29.9 Å². The lowest BCUT2D eigenvalue weighted by Gasteiger charge is -2.28. The van der Waals surface area contributed by atoms with E-state index >= 15 is 0 Å². The number of ether oxygens (including phenoxy) is 1.